The maximum absolute atomic E-state index is 13.3. The average molecular weight is 518 g/mol. The molecule has 0 unspecified atom stereocenters. The van der Waals surface area contributed by atoms with Crippen LogP contribution in [0.15, 0.2) is 60.7 Å². The first-order valence-corrected chi connectivity index (χ1v) is 12.9. The highest BCUT2D eigenvalue weighted by Crippen LogP contribution is 2.23. The van der Waals surface area contributed by atoms with Crippen LogP contribution in [0.2, 0.25) is 0 Å². The number of methoxy groups -OCH3 is 2. The third-order valence-corrected chi connectivity index (χ3v) is 6.98. The second kappa shape index (κ2) is 12.4. The number of carbonyl (C=O) groups is 2. The molecule has 3 aromatic rings. The first-order valence-electron chi connectivity index (χ1n) is 12.9. The van der Waals surface area contributed by atoms with Crippen molar-refractivity contribution in [2.75, 3.05) is 51.8 Å². The lowest BCUT2D eigenvalue weighted by Crippen LogP contribution is -2.53. The Bertz CT molecular complexity index is 1240. The number of piperazine rings is 1. The minimum absolute atomic E-state index is 0.0418. The number of amides is 2. The summed E-state index contributed by atoms with van der Waals surface area (Å²) in [6.07, 6.45) is 0.751. The Kier molecular flexibility index (Phi) is 8.78. The van der Waals surface area contributed by atoms with Crippen LogP contribution in [-0.2, 0) is 4.79 Å². The Morgan fingerprint density at radius 2 is 1.61 bits per heavy atom. The van der Waals surface area contributed by atoms with E-state index in [2.05, 4.69) is 15.1 Å². The summed E-state index contributed by atoms with van der Waals surface area (Å²) >= 11 is 0. The highest BCUT2D eigenvalue weighted by atomic mass is 16.5. The maximum Gasteiger partial charge on any atom is 0.254 e. The lowest BCUT2D eigenvalue weighted by molar-refractivity contribution is -0.132. The summed E-state index contributed by atoms with van der Waals surface area (Å²) in [6, 6.07) is 18.6. The zero-order chi connectivity index (χ0) is 27.1. The van der Waals surface area contributed by atoms with Crippen molar-refractivity contribution in [3.8, 4) is 22.8 Å². The van der Waals surface area contributed by atoms with Crippen LogP contribution in [0.25, 0.3) is 11.3 Å². The summed E-state index contributed by atoms with van der Waals surface area (Å²) in [7, 11) is 3.21. The van der Waals surface area contributed by atoms with Crippen molar-refractivity contribution < 1.29 is 19.1 Å². The third kappa shape index (κ3) is 6.22. The molecule has 200 valence electrons. The van der Waals surface area contributed by atoms with Crippen LogP contribution in [0.4, 0.5) is 5.82 Å². The largest absolute Gasteiger partial charge is 0.497 e. The van der Waals surface area contributed by atoms with Crippen LogP contribution in [0, 0.1) is 0 Å². The fourth-order valence-corrected chi connectivity index (χ4v) is 4.43. The number of aromatic nitrogens is 2. The number of hydrogen-bond donors (Lipinski definition) is 0. The molecule has 0 radical (unpaired) electrons. The van der Waals surface area contributed by atoms with Crippen LogP contribution >= 0.6 is 0 Å². The number of anilines is 1. The molecule has 0 N–H and O–H groups in total. The van der Waals surface area contributed by atoms with Gasteiger partial charge in [0, 0.05) is 43.3 Å². The molecule has 0 saturated carbocycles. The standard InChI is InChI=1S/C29H35N5O4/c1-5-21(2)34(29(36)23-9-7-11-25(19-23)38-4)20-28(35)33-16-14-32(15-17-33)27-13-12-26(30-31-27)22-8-6-10-24(18-22)37-3/h6-13,18-19,21H,5,14-17,20H2,1-4H3/t21-/m0/s1. The van der Waals surface area contributed by atoms with Crippen LogP contribution in [0.3, 0.4) is 0 Å². The molecule has 2 aromatic carbocycles. The van der Waals surface area contributed by atoms with E-state index in [9.17, 15) is 9.59 Å². The molecule has 1 aromatic heterocycles. The van der Waals surface area contributed by atoms with E-state index in [1.54, 1.807) is 43.4 Å². The first-order chi connectivity index (χ1) is 18.4. The second-order valence-electron chi connectivity index (χ2n) is 9.30. The number of carbonyl (C=O) groups excluding carboxylic acids is 2. The number of benzene rings is 2. The quantitative estimate of drug-likeness (QED) is 0.427. The summed E-state index contributed by atoms with van der Waals surface area (Å²) in [4.78, 5) is 32.1. The van der Waals surface area contributed by atoms with Gasteiger partial charge in [0.15, 0.2) is 5.82 Å². The van der Waals surface area contributed by atoms with E-state index in [-0.39, 0.29) is 24.4 Å². The minimum Gasteiger partial charge on any atom is -0.497 e. The Morgan fingerprint density at radius 1 is 0.921 bits per heavy atom. The minimum atomic E-state index is -0.170. The van der Waals surface area contributed by atoms with E-state index in [1.165, 1.54) is 0 Å². The van der Waals surface area contributed by atoms with Gasteiger partial charge in [0.05, 0.1) is 19.9 Å². The zero-order valence-corrected chi connectivity index (χ0v) is 22.5. The Morgan fingerprint density at radius 3 is 2.24 bits per heavy atom. The maximum atomic E-state index is 13.3. The highest BCUT2D eigenvalue weighted by Gasteiger charge is 2.28. The fraction of sp³-hybridized carbons (Fsp3) is 0.379. The predicted molar refractivity (Wildman–Crippen MR) is 147 cm³/mol. The predicted octanol–water partition coefficient (Wildman–Crippen LogP) is 3.75. The van der Waals surface area contributed by atoms with Crippen LogP contribution < -0.4 is 14.4 Å². The van der Waals surface area contributed by atoms with E-state index in [0.717, 1.165) is 29.2 Å². The van der Waals surface area contributed by atoms with Crippen molar-refractivity contribution in [2.45, 2.75) is 26.3 Å². The third-order valence-electron chi connectivity index (χ3n) is 6.98. The lowest BCUT2D eigenvalue weighted by Gasteiger charge is -2.37. The summed E-state index contributed by atoms with van der Waals surface area (Å²) in [5, 5.41) is 8.83. The van der Waals surface area contributed by atoms with Gasteiger partial charge in [-0.15, -0.1) is 10.2 Å². The van der Waals surface area contributed by atoms with Crippen LogP contribution in [-0.4, -0.2) is 84.8 Å². The number of nitrogens with zero attached hydrogens (tertiary/aromatic N) is 5. The topological polar surface area (TPSA) is 88.1 Å². The molecule has 38 heavy (non-hydrogen) atoms. The fourth-order valence-electron chi connectivity index (χ4n) is 4.43. The molecule has 1 atom stereocenters. The zero-order valence-electron chi connectivity index (χ0n) is 22.5. The van der Waals surface area contributed by atoms with Crippen molar-refractivity contribution in [3.05, 3.63) is 66.2 Å². The van der Waals surface area contributed by atoms with Gasteiger partial charge in [-0.3, -0.25) is 9.59 Å². The molecule has 1 saturated heterocycles. The smallest absolute Gasteiger partial charge is 0.254 e. The Hall–Kier alpha value is -4.14. The van der Waals surface area contributed by atoms with E-state index in [0.29, 0.717) is 37.5 Å². The van der Waals surface area contributed by atoms with E-state index < -0.39 is 0 Å². The molecule has 0 spiro atoms. The molecular weight excluding hydrogens is 482 g/mol. The summed E-state index contributed by atoms with van der Waals surface area (Å²) < 4.78 is 10.6. The van der Waals surface area contributed by atoms with Gasteiger partial charge in [-0.1, -0.05) is 25.1 Å². The molecular formula is C29H35N5O4. The average Bonchev–Trinajstić information content (AvgIpc) is 2.99. The number of ether oxygens (including phenoxy) is 2. The van der Waals surface area contributed by atoms with Gasteiger partial charge in [0.25, 0.3) is 5.91 Å². The highest BCUT2D eigenvalue weighted by molar-refractivity contribution is 5.97. The molecule has 2 heterocycles. The molecule has 0 bridgehead atoms. The summed E-state index contributed by atoms with van der Waals surface area (Å²) in [5.41, 5.74) is 2.22. The second-order valence-corrected chi connectivity index (χ2v) is 9.30. The van der Waals surface area contributed by atoms with Gasteiger partial charge in [0.2, 0.25) is 5.91 Å². The molecule has 4 rings (SSSR count). The van der Waals surface area contributed by atoms with E-state index >= 15 is 0 Å². The molecule has 2 amide bonds. The number of hydrogen-bond acceptors (Lipinski definition) is 7. The molecule has 9 nitrogen and oxygen atoms in total. The Labute approximate surface area is 224 Å². The van der Waals surface area contributed by atoms with Crippen molar-refractivity contribution >= 4 is 17.6 Å². The summed E-state index contributed by atoms with van der Waals surface area (Å²) in [5.74, 6) is 1.93. The molecule has 0 aliphatic carbocycles. The SMILES string of the molecule is CC[C@H](C)N(CC(=O)N1CCN(c2ccc(-c3cccc(OC)c3)nn2)CC1)C(=O)c1cccc(OC)c1. The van der Waals surface area contributed by atoms with Crippen molar-refractivity contribution in [1.82, 2.24) is 20.0 Å². The van der Waals surface area contributed by atoms with Gasteiger partial charge >= 0.3 is 0 Å². The van der Waals surface area contributed by atoms with Crippen LogP contribution in [0.5, 0.6) is 11.5 Å². The van der Waals surface area contributed by atoms with Gasteiger partial charge in [-0.2, -0.15) is 0 Å². The molecule has 1 aliphatic heterocycles. The normalized spacial score (nSPS) is 14.1. The van der Waals surface area contributed by atoms with E-state index in [1.807, 2.05) is 55.1 Å². The Balaban J connectivity index is 1.37. The molecule has 1 fully saturated rings. The van der Waals surface area contributed by atoms with Gasteiger partial charge < -0.3 is 24.2 Å². The van der Waals surface area contributed by atoms with Gasteiger partial charge in [0.1, 0.15) is 18.0 Å². The summed E-state index contributed by atoms with van der Waals surface area (Å²) in [6.45, 7) is 6.43. The number of rotatable bonds is 9. The van der Waals surface area contributed by atoms with Crippen molar-refractivity contribution in [1.29, 1.82) is 0 Å². The van der Waals surface area contributed by atoms with Crippen molar-refractivity contribution in [2.24, 2.45) is 0 Å². The molecule has 9 heteroatoms. The van der Waals surface area contributed by atoms with E-state index in [4.69, 9.17) is 9.47 Å². The molecule has 1 aliphatic rings. The monoisotopic (exact) mass is 517 g/mol. The van der Waals surface area contributed by atoms with Crippen molar-refractivity contribution in [3.63, 3.8) is 0 Å². The first kappa shape index (κ1) is 26.9. The lowest BCUT2D eigenvalue weighted by atomic mass is 10.1. The van der Waals surface area contributed by atoms with Gasteiger partial charge in [-0.05, 0) is 55.8 Å². The van der Waals surface area contributed by atoms with Gasteiger partial charge in [-0.25, -0.2) is 0 Å². The van der Waals surface area contributed by atoms with Crippen LogP contribution in [0.1, 0.15) is 30.6 Å².